The second-order valence-electron chi connectivity index (χ2n) is 4.35. The first-order valence-electron chi connectivity index (χ1n) is 6.31. The van der Waals surface area contributed by atoms with Crippen LogP contribution in [0.4, 0.5) is 8.78 Å². The van der Waals surface area contributed by atoms with E-state index in [1.807, 2.05) is 13.0 Å². The van der Waals surface area contributed by atoms with Crippen LogP contribution in [-0.2, 0) is 0 Å². The van der Waals surface area contributed by atoms with Crippen molar-refractivity contribution in [2.24, 2.45) is 0 Å². The molecule has 1 N–H and O–H groups in total. The van der Waals surface area contributed by atoms with Gasteiger partial charge in [0.25, 0.3) is 0 Å². The molecule has 1 aromatic rings. The van der Waals surface area contributed by atoms with Gasteiger partial charge in [0.15, 0.2) is 0 Å². The van der Waals surface area contributed by atoms with Crippen LogP contribution in [0.2, 0.25) is 0 Å². The molecule has 0 aliphatic heterocycles. The largest absolute Gasteiger partial charge is 0.435 e. The zero-order valence-electron chi connectivity index (χ0n) is 11.2. The standard InChI is InChI=1S/C15H19F2NO/c1-4-7-13(5-2)18-11(3)12-8-6-9-14(10-12)19-15(16)17/h1,6,8-11,13,15,18H,5,7H2,2-3H3. The van der Waals surface area contributed by atoms with Gasteiger partial charge < -0.3 is 10.1 Å². The number of hydrogen-bond donors (Lipinski definition) is 1. The van der Waals surface area contributed by atoms with Gasteiger partial charge in [-0.15, -0.1) is 12.3 Å². The Morgan fingerprint density at radius 3 is 2.74 bits per heavy atom. The molecule has 0 saturated carbocycles. The summed E-state index contributed by atoms with van der Waals surface area (Å²) in [6.07, 6.45) is 6.87. The van der Waals surface area contributed by atoms with Crippen molar-refractivity contribution in [1.82, 2.24) is 5.32 Å². The van der Waals surface area contributed by atoms with Crippen LogP contribution >= 0.6 is 0 Å². The van der Waals surface area contributed by atoms with Crippen LogP contribution in [0.15, 0.2) is 24.3 Å². The van der Waals surface area contributed by atoms with Gasteiger partial charge in [0.05, 0.1) is 0 Å². The summed E-state index contributed by atoms with van der Waals surface area (Å²) in [5.74, 6) is 2.80. The molecule has 19 heavy (non-hydrogen) atoms. The Morgan fingerprint density at radius 2 is 2.16 bits per heavy atom. The van der Waals surface area contributed by atoms with Crippen LogP contribution in [0.5, 0.6) is 5.75 Å². The monoisotopic (exact) mass is 267 g/mol. The van der Waals surface area contributed by atoms with E-state index in [0.29, 0.717) is 6.42 Å². The molecule has 0 aromatic heterocycles. The summed E-state index contributed by atoms with van der Waals surface area (Å²) in [7, 11) is 0. The van der Waals surface area contributed by atoms with Crippen molar-refractivity contribution >= 4 is 0 Å². The molecule has 104 valence electrons. The quantitative estimate of drug-likeness (QED) is 0.760. The van der Waals surface area contributed by atoms with E-state index in [1.54, 1.807) is 12.1 Å². The number of halogens is 2. The van der Waals surface area contributed by atoms with Crippen LogP contribution in [0.1, 0.15) is 38.3 Å². The maximum Gasteiger partial charge on any atom is 0.387 e. The summed E-state index contributed by atoms with van der Waals surface area (Å²) < 4.78 is 28.7. The van der Waals surface area contributed by atoms with Gasteiger partial charge in [-0.2, -0.15) is 8.78 Å². The van der Waals surface area contributed by atoms with Crippen LogP contribution in [-0.4, -0.2) is 12.7 Å². The number of terminal acetylenes is 1. The first-order chi connectivity index (χ1) is 9.06. The van der Waals surface area contributed by atoms with Gasteiger partial charge in [-0.25, -0.2) is 0 Å². The molecule has 0 spiro atoms. The topological polar surface area (TPSA) is 21.3 Å². The van der Waals surface area contributed by atoms with E-state index in [-0.39, 0.29) is 17.8 Å². The summed E-state index contributed by atoms with van der Waals surface area (Å²) in [6, 6.07) is 6.96. The Kier molecular flexibility index (Phi) is 6.31. The molecule has 2 unspecified atom stereocenters. The lowest BCUT2D eigenvalue weighted by Crippen LogP contribution is -2.30. The van der Waals surface area contributed by atoms with Crippen molar-refractivity contribution in [3.63, 3.8) is 0 Å². The Hall–Kier alpha value is -1.60. The highest BCUT2D eigenvalue weighted by molar-refractivity contribution is 5.30. The molecule has 4 heteroatoms. The number of benzene rings is 1. The lowest BCUT2D eigenvalue weighted by molar-refractivity contribution is -0.0499. The predicted octanol–water partition coefficient (Wildman–Crippen LogP) is 3.74. The molecule has 0 radical (unpaired) electrons. The Morgan fingerprint density at radius 1 is 1.42 bits per heavy atom. The number of hydrogen-bond acceptors (Lipinski definition) is 2. The fraction of sp³-hybridized carbons (Fsp3) is 0.467. The predicted molar refractivity (Wildman–Crippen MR) is 72.2 cm³/mol. The van der Waals surface area contributed by atoms with Gasteiger partial charge in [0, 0.05) is 18.5 Å². The third-order valence-electron chi connectivity index (χ3n) is 2.93. The average Bonchev–Trinajstić information content (AvgIpc) is 2.37. The molecular weight excluding hydrogens is 248 g/mol. The fourth-order valence-electron chi connectivity index (χ4n) is 1.87. The fourth-order valence-corrected chi connectivity index (χ4v) is 1.87. The highest BCUT2D eigenvalue weighted by atomic mass is 19.3. The van der Waals surface area contributed by atoms with E-state index in [4.69, 9.17) is 6.42 Å². The Labute approximate surface area is 113 Å². The van der Waals surface area contributed by atoms with Gasteiger partial charge in [-0.05, 0) is 31.0 Å². The summed E-state index contributed by atoms with van der Waals surface area (Å²) in [5.41, 5.74) is 0.897. The van der Waals surface area contributed by atoms with E-state index in [1.165, 1.54) is 6.07 Å². The summed E-state index contributed by atoms with van der Waals surface area (Å²) in [4.78, 5) is 0. The zero-order valence-corrected chi connectivity index (χ0v) is 11.2. The Bertz CT molecular complexity index is 428. The molecule has 2 atom stereocenters. The van der Waals surface area contributed by atoms with Gasteiger partial charge in [-0.3, -0.25) is 0 Å². The van der Waals surface area contributed by atoms with E-state index >= 15 is 0 Å². The van der Waals surface area contributed by atoms with Crippen molar-refractivity contribution in [2.75, 3.05) is 0 Å². The second kappa shape index (κ2) is 7.75. The first-order valence-corrected chi connectivity index (χ1v) is 6.31. The maximum absolute atomic E-state index is 12.2. The van der Waals surface area contributed by atoms with Crippen LogP contribution in [0.3, 0.4) is 0 Å². The molecule has 0 heterocycles. The van der Waals surface area contributed by atoms with Crippen molar-refractivity contribution in [3.8, 4) is 18.1 Å². The summed E-state index contributed by atoms with van der Waals surface area (Å²) >= 11 is 0. The van der Waals surface area contributed by atoms with Crippen molar-refractivity contribution < 1.29 is 13.5 Å². The molecule has 0 fully saturated rings. The number of alkyl halides is 2. The Balaban J connectivity index is 2.71. The minimum atomic E-state index is -2.80. The minimum absolute atomic E-state index is 0.0273. The van der Waals surface area contributed by atoms with Crippen molar-refractivity contribution in [2.45, 2.75) is 45.4 Å². The lowest BCUT2D eigenvalue weighted by atomic mass is 10.1. The molecule has 0 amide bonds. The van der Waals surface area contributed by atoms with Gasteiger partial charge in [-0.1, -0.05) is 19.1 Å². The first kappa shape index (κ1) is 15.5. The van der Waals surface area contributed by atoms with E-state index in [9.17, 15) is 8.78 Å². The third-order valence-corrected chi connectivity index (χ3v) is 2.93. The van der Waals surface area contributed by atoms with E-state index in [2.05, 4.69) is 22.9 Å². The zero-order chi connectivity index (χ0) is 14.3. The average molecular weight is 267 g/mol. The smallest absolute Gasteiger partial charge is 0.387 e. The van der Waals surface area contributed by atoms with E-state index in [0.717, 1.165) is 12.0 Å². The number of ether oxygens (including phenoxy) is 1. The molecule has 1 aromatic carbocycles. The van der Waals surface area contributed by atoms with Gasteiger partial charge in [0.1, 0.15) is 5.75 Å². The number of rotatable bonds is 7. The van der Waals surface area contributed by atoms with Crippen LogP contribution in [0, 0.1) is 12.3 Å². The molecule has 0 bridgehead atoms. The summed E-state index contributed by atoms with van der Waals surface area (Å²) in [5, 5.41) is 3.38. The second-order valence-corrected chi connectivity index (χ2v) is 4.35. The van der Waals surface area contributed by atoms with Gasteiger partial charge in [0.2, 0.25) is 0 Å². The lowest BCUT2D eigenvalue weighted by Gasteiger charge is -2.21. The molecule has 0 aliphatic rings. The highest BCUT2D eigenvalue weighted by Crippen LogP contribution is 2.21. The van der Waals surface area contributed by atoms with Gasteiger partial charge >= 0.3 is 6.61 Å². The SMILES string of the molecule is C#CCC(CC)NC(C)c1cccc(OC(F)F)c1. The minimum Gasteiger partial charge on any atom is -0.435 e. The molecular formula is C15H19F2NO. The van der Waals surface area contributed by atoms with Crippen LogP contribution in [0.25, 0.3) is 0 Å². The number of nitrogens with one attached hydrogen (secondary N) is 1. The molecule has 0 saturated heterocycles. The van der Waals surface area contributed by atoms with Crippen molar-refractivity contribution in [1.29, 1.82) is 0 Å². The highest BCUT2D eigenvalue weighted by Gasteiger charge is 2.12. The molecule has 2 nitrogen and oxygen atoms in total. The third kappa shape index (κ3) is 5.27. The molecule has 1 rings (SSSR count). The van der Waals surface area contributed by atoms with Crippen molar-refractivity contribution in [3.05, 3.63) is 29.8 Å². The maximum atomic E-state index is 12.2. The summed E-state index contributed by atoms with van der Waals surface area (Å²) in [6.45, 7) is 1.22. The van der Waals surface area contributed by atoms with E-state index < -0.39 is 6.61 Å². The van der Waals surface area contributed by atoms with Crippen LogP contribution < -0.4 is 10.1 Å². The molecule has 0 aliphatic carbocycles. The normalized spacial score (nSPS) is 13.9.